The highest BCUT2D eigenvalue weighted by Crippen LogP contribution is 2.18. The molecule has 1 heterocycles. The minimum absolute atomic E-state index is 0.616. The second-order valence-electron chi connectivity index (χ2n) is 5.60. The summed E-state index contributed by atoms with van der Waals surface area (Å²) in [5, 5.41) is 3.17. The van der Waals surface area contributed by atoms with Crippen LogP contribution in [0.25, 0.3) is 0 Å². The quantitative estimate of drug-likeness (QED) is 0.432. The molecule has 1 fully saturated rings. The van der Waals surface area contributed by atoms with Crippen LogP contribution in [0.2, 0.25) is 0 Å². The monoisotopic (exact) mass is 254 g/mol. The number of guanidine groups is 1. The number of unbranched alkanes of at least 4 members (excludes halogenated alkanes) is 1. The van der Waals surface area contributed by atoms with Gasteiger partial charge in [-0.3, -0.25) is 4.99 Å². The molecule has 0 bridgehead atoms. The summed E-state index contributed by atoms with van der Waals surface area (Å²) in [4.78, 5) is 7.02. The number of nitrogens with one attached hydrogen (secondary N) is 1. The number of hydrogen-bond donors (Lipinski definition) is 2. The number of likely N-dealkylation sites (tertiary alicyclic amines) is 1. The molecule has 0 saturated carbocycles. The molecular weight excluding hydrogens is 224 g/mol. The fourth-order valence-electron chi connectivity index (χ4n) is 2.39. The van der Waals surface area contributed by atoms with Gasteiger partial charge in [0.05, 0.1) is 0 Å². The number of nitrogens with two attached hydrogens (primary N) is 1. The largest absolute Gasteiger partial charge is 0.370 e. The van der Waals surface area contributed by atoms with Gasteiger partial charge in [0.2, 0.25) is 0 Å². The lowest BCUT2D eigenvalue weighted by atomic mass is 9.97. The highest BCUT2D eigenvalue weighted by atomic mass is 15.2. The maximum Gasteiger partial charge on any atom is 0.188 e. The minimum atomic E-state index is 0.616. The summed E-state index contributed by atoms with van der Waals surface area (Å²) >= 11 is 0. The van der Waals surface area contributed by atoms with Crippen LogP contribution >= 0.6 is 0 Å². The maximum atomic E-state index is 5.85. The second-order valence-corrected chi connectivity index (χ2v) is 5.60. The Kier molecular flexibility index (Phi) is 7.09. The average Bonchev–Trinajstić information content (AvgIpc) is 2.37. The van der Waals surface area contributed by atoms with Crippen LogP contribution in [-0.2, 0) is 0 Å². The van der Waals surface area contributed by atoms with E-state index in [4.69, 9.17) is 5.73 Å². The molecule has 0 radical (unpaired) electrons. The van der Waals surface area contributed by atoms with E-state index in [1.165, 1.54) is 32.4 Å². The third-order valence-electron chi connectivity index (χ3n) is 3.64. The molecule has 1 saturated heterocycles. The van der Waals surface area contributed by atoms with E-state index in [0.29, 0.717) is 17.9 Å². The molecule has 4 heteroatoms. The van der Waals surface area contributed by atoms with Gasteiger partial charge in [-0.2, -0.15) is 0 Å². The van der Waals surface area contributed by atoms with Crippen LogP contribution in [0, 0.1) is 5.92 Å². The first-order valence-corrected chi connectivity index (χ1v) is 7.41. The summed E-state index contributed by atoms with van der Waals surface area (Å²) in [5.41, 5.74) is 5.85. The van der Waals surface area contributed by atoms with Gasteiger partial charge in [-0.1, -0.05) is 13.3 Å². The molecule has 18 heavy (non-hydrogen) atoms. The first kappa shape index (κ1) is 15.3. The van der Waals surface area contributed by atoms with Gasteiger partial charge in [0.25, 0.3) is 0 Å². The van der Waals surface area contributed by atoms with Crippen molar-refractivity contribution in [1.29, 1.82) is 0 Å². The molecule has 1 atom stereocenters. The topological polar surface area (TPSA) is 53.6 Å². The third kappa shape index (κ3) is 5.71. The SMILES string of the molecule is CCCCNC(N)=NCC1CCCN(C(C)C)C1. The first-order chi connectivity index (χ1) is 8.63. The molecule has 1 rings (SSSR count). The number of rotatable bonds is 6. The van der Waals surface area contributed by atoms with E-state index in [9.17, 15) is 0 Å². The van der Waals surface area contributed by atoms with Gasteiger partial charge in [0.15, 0.2) is 5.96 Å². The van der Waals surface area contributed by atoms with Crippen molar-refractivity contribution in [3.63, 3.8) is 0 Å². The number of piperidine rings is 1. The summed E-state index contributed by atoms with van der Waals surface area (Å²) in [5.74, 6) is 1.29. The predicted molar refractivity (Wildman–Crippen MR) is 78.8 cm³/mol. The molecule has 0 spiro atoms. The van der Waals surface area contributed by atoms with Crippen molar-refractivity contribution in [3.8, 4) is 0 Å². The number of aliphatic imine (C=N–C) groups is 1. The van der Waals surface area contributed by atoms with Gasteiger partial charge < -0.3 is 16.0 Å². The van der Waals surface area contributed by atoms with Crippen LogP contribution in [0.3, 0.4) is 0 Å². The molecule has 1 aliphatic rings. The summed E-state index contributed by atoms with van der Waals surface area (Å²) in [6, 6.07) is 0.650. The van der Waals surface area contributed by atoms with Crippen LogP contribution in [0.4, 0.5) is 0 Å². The molecule has 1 unspecified atom stereocenters. The number of hydrogen-bond acceptors (Lipinski definition) is 2. The first-order valence-electron chi connectivity index (χ1n) is 7.41. The zero-order chi connectivity index (χ0) is 13.4. The van der Waals surface area contributed by atoms with Gasteiger partial charge in [0.1, 0.15) is 0 Å². The second kappa shape index (κ2) is 8.35. The Bertz CT molecular complexity index is 250. The van der Waals surface area contributed by atoms with E-state index in [1.807, 2.05) is 0 Å². The Hall–Kier alpha value is -0.770. The maximum absolute atomic E-state index is 5.85. The Morgan fingerprint density at radius 2 is 2.28 bits per heavy atom. The summed E-state index contributed by atoms with van der Waals surface area (Å²) < 4.78 is 0. The molecule has 0 aliphatic carbocycles. The minimum Gasteiger partial charge on any atom is -0.370 e. The van der Waals surface area contributed by atoms with Crippen molar-refractivity contribution < 1.29 is 0 Å². The van der Waals surface area contributed by atoms with E-state index in [1.54, 1.807) is 0 Å². The Labute approximate surface area is 112 Å². The van der Waals surface area contributed by atoms with E-state index >= 15 is 0 Å². The van der Waals surface area contributed by atoms with E-state index in [2.05, 4.69) is 36.0 Å². The van der Waals surface area contributed by atoms with Crippen molar-refractivity contribution in [2.45, 2.75) is 52.5 Å². The zero-order valence-electron chi connectivity index (χ0n) is 12.3. The smallest absolute Gasteiger partial charge is 0.188 e. The van der Waals surface area contributed by atoms with Crippen LogP contribution in [0.1, 0.15) is 46.5 Å². The molecule has 4 nitrogen and oxygen atoms in total. The molecule has 1 aliphatic heterocycles. The molecular formula is C14H30N4. The Morgan fingerprint density at radius 1 is 1.50 bits per heavy atom. The Morgan fingerprint density at radius 3 is 2.94 bits per heavy atom. The molecule has 0 aromatic heterocycles. The fourth-order valence-corrected chi connectivity index (χ4v) is 2.39. The standard InChI is InChI=1S/C14H30N4/c1-4-5-8-16-14(15)17-10-13-7-6-9-18(11-13)12(2)3/h12-13H,4-11H2,1-3H3,(H3,15,16,17). The summed E-state index contributed by atoms with van der Waals surface area (Å²) in [6.45, 7) is 10.9. The van der Waals surface area contributed by atoms with Crippen molar-refractivity contribution in [1.82, 2.24) is 10.2 Å². The summed E-state index contributed by atoms with van der Waals surface area (Å²) in [7, 11) is 0. The highest BCUT2D eigenvalue weighted by Gasteiger charge is 2.21. The van der Waals surface area contributed by atoms with Gasteiger partial charge in [-0.25, -0.2) is 0 Å². The van der Waals surface area contributed by atoms with E-state index in [-0.39, 0.29) is 0 Å². The van der Waals surface area contributed by atoms with Gasteiger partial charge in [-0.05, 0) is 45.6 Å². The molecule has 3 N–H and O–H groups in total. The molecule has 0 aromatic rings. The van der Waals surface area contributed by atoms with Crippen molar-refractivity contribution in [3.05, 3.63) is 0 Å². The Balaban J connectivity index is 2.26. The normalized spacial score (nSPS) is 22.4. The molecule has 0 amide bonds. The fraction of sp³-hybridized carbons (Fsp3) is 0.929. The van der Waals surface area contributed by atoms with Crippen LogP contribution in [0.15, 0.2) is 4.99 Å². The zero-order valence-corrected chi connectivity index (χ0v) is 12.3. The van der Waals surface area contributed by atoms with Crippen LogP contribution in [-0.4, -0.2) is 43.1 Å². The average molecular weight is 254 g/mol. The van der Waals surface area contributed by atoms with E-state index in [0.717, 1.165) is 19.5 Å². The van der Waals surface area contributed by atoms with Crippen molar-refractivity contribution in [2.24, 2.45) is 16.6 Å². The lowest BCUT2D eigenvalue weighted by Gasteiger charge is -2.34. The van der Waals surface area contributed by atoms with Crippen LogP contribution in [0.5, 0.6) is 0 Å². The lowest BCUT2D eigenvalue weighted by molar-refractivity contribution is 0.143. The van der Waals surface area contributed by atoms with Gasteiger partial charge in [-0.15, -0.1) is 0 Å². The van der Waals surface area contributed by atoms with E-state index < -0.39 is 0 Å². The molecule has 0 aromatic carbocycles. The van der Waals surface area contributed by atoms with Gasteiger partial charge >= 0.3 is 0 Å². The highest BCUT2D eigenvalue weighted by molar-refractivity contribution is 5.77. The molecule has 106 valence electrons. The summed E-state index contributed by atoms with van der Waals surface area (Å²) in [6.07, 6.45) is 4.92. The predicted octanol–water partition coefficient (Wildman–Crippen LogP) is 1.81. The lowest BCUT2D eigenvalue weighted by Crippen LogP contribution is -2.41. The van der Waals surface area contributed by atoms with Crippen molar-refractivity contribution in [2.75, 3.05) is 26.2 Å². The van der Waals surface area contributed by atoms with Crippen LogP contribution < -0.4 is 11.1 Å². The van der Waals surface area contributed by atoms with Crippen molar-refractivity contribution >= 4 is 5.96 Å². The third-order valence-corrected chi connectivity index (χ3v) is 3.64. The van der Waals surface area contributed by atoms with Gasteiger partial charge in [0, 0.05) is 25.7 Å². The number of nitrogens with zero attached hydrogens (tertiary/aromatic N) is 2.